The monoisotopic (exact) mass is 234 g/mol. The second-order valence-electron chi connectivity index (χ2n) is 5.15. The second-order valence-corrected chi connectivity index (χ2v) is 5.15. The average molecular weight is 234 g/mol. The third kappa shape index (κ3) is 5.85. The van der Waals surface area contributed by atoms with Gasteiger partial charge in [-0.2, -0.15) is 0 Å². The predicted molar refractivity (Wildman–Crippen MR) is 75.4 cm³/mol. The van der Waals surface area contributed by atoms with E-state index in [2.05, 4.69) is 68.5 Å². The van der Waals surface area contributed by atoms with E-state index in [9.17, 15) is 0 Å². The van der Waals surface area contributed by atoms with Gasteiger partial charge in [-0.05, 0) is 46.3 Å². The van der Waals surface area contributed by atoms with Gasteiger partial charge in [-0.15, -0.1) is 0 Å². The quantitative estimate of drug-likeness (QED) is 0.780. The number of rotatable bonds is 7. The van der Waals surface area contributed by atoms with Crippen LogP contribution in [0.1, 0.15) is 25.8 Å². The van der Waals surface area contributed by atoms with Crippen molar-refractivity contribution >= 4 is 0 Å². The molecule has 2 unspecified atom stereocenters. The molecule has 0 aromatic heterocycles. The van der Waals surface area contributed by atoms with Crippen molar-refractivity contribution in [3.63, 3.8) is 0 Å². The summed E-state index contributed by atoms with van der Waals surface area (Å²) in [7, 11) is 4.25. The Balaban J connectivity index is 2.19. The number of nitrogens with one attached hydrogen (secondary N) is 1. The first kappa shape index (κ1) is 14.2. The maximum absolute atomic E-state index is 3.59. The van der Waals surface area contributed by atoms with Crippen molar-refractivity contribution in [3.05, 3.63) is 35.9 Å². The highest BCUT2D eigenvalue weighted by Crippen LogP contribution is 2.04. The van der Waals surface area contributed by atoms with Crippen molar-refractivity contribution in [1.29, 1.82) is 0 Å². The van der Waals surface area contributed by atoms with Crippen molar-refractivity contribution in [2.24, 2.45) is 0 Å². The minimum atomic E-state index is 0.581. The van der Waals surface area contributed by atoms with Crippen molar-refractivity contribution < 1.29 is 0 Å². The van der Waals surface area contributed by atoms with E-state index in [1.54, 1.807) is 0 Å². The molecule has 2 nitrogen and oxygen atoms in total. The Bertz CT molecular complexity index is 295. The van der Waals surface area contributed by atoms with Gasteiger partial charge in [-0.1, -0.05) is 30.3 Å². The summed E-state index contributed by atoms with van der Waals surface area (Å²) in [5, 5.41) is 3.59. The van der Waals surface area contributed by atoms with Gasteiger partial charge in [0.25, 0.3) is 0 Å². The maximum Gasteiger partial charge on any atom is 0.0186 e. The van der Waals surface area contributed by atoms with Crippen LogP contribution in [-0.2, 0) is 6.42 Å². The largest absolute Gasteiger partial charge is 0.313 e. The summed E-state index contributed by atoms with van der Waals surface area (Å²) >= 11 is 0. The van der Waals surface area contributed by atoms with E-state index in [1.165, 1.54) is 12.0 Å². The Morgan fingerprint density at radius 2 is 1.76 bits per heavy atom. The van der Waals surface area contributed by atoms with Crippen molar-refractivity contribution in [1.82, 2.24) is 10.2 Å². The minimum absolute atomic E-state index is 0.581. The molecule has 0 saturated heterocycles. The molecule has 1 rings (SSSR count). The fourth-order valence-corrected chi connectivity index (χ4v) is 1.68. The molecule has 2 atom stereocenters. The van der Waals surface area contributed by atoms with Gasteiger partial charge in [0.1, 0.15) is 0 Å². The Labute approximate surface area is 106 Å². The van der Waals surface area contributed by atoms with E-state index in [-0.39, 0.29) is 0 Å². The zero-order chi connectivity index (χ0) is 12.7. The van der Waals surface area contributed by atoms with Crippen LogP contribution in [0.4, 0.5) is 0 Å². The summed E-state index contributed by atoms with van der Waals surface area (Å²) in [5.41, 5.74) is 1.43. The zero-order valence-corrected chi connectivity index (χ0v) is 11.6. The van der Waals surface area contributed by atoms with Crippen molar-refractivity contribution in [2.45, 2.75) is 38.8 Å². The Morgan fingerprint density at radius 1 is 1.12 bits per heavy atom. The summed E-state index contributed by atoms with van der Waals surface area (Å²) in [4.78, 5) is 2.25. The molecule has 0 aliphatic heterocycles. The lowest BCUT2D eigenvalue weighted by Crippen LogP contribution is -2.39. The number of likely N-dealkylation sites (N-methyl/N-ethyl adjacent to an activating group) is 1. The molecular weight excluding hydrogens is 208 g/mol. The van der Waals surface area contributed by atoms with Gasteiger partial charge in [-0.3, -0.25) is 0 Å². The highest BCUT2D eigenvalue weighted by atomic mass is 15.1. The van der Waals surface area contributed by atoms with Gasteiger partial charge in [0.2, 0.25) is 0 Å². The average Bonchev–Trinajstić information content (AvgIpc) is 2.34. The van der Waals surface area contributed by atoms with E-state index in [0.29, 0.717) is 12.1 Å². The molecular formula is C15H26N2. The number of hydrogen-bond donors (Lipinski definition) is 1. The summed E-state index contributed by atoms with van der Waals surface area (Å²) in [6.45, 7) is 5.57. The lowest BCUT2D eigenvalue weighted by atomic mass is 10.1. The molecule has 1 N–H and O–H groups in total. The Kier molecular flexibility index (Phi) is 6.23. The first-order valence-corrected chi connectivity index (χ1v) is 6.53. The van der Waals surface area contributed by atoms with Crippen molar-refractivity contribution in [2.75, 3.05) is 20.6 Å². The molecule has 0 amide bonds. The molecule has 0 radical (unpaired) electrons. The number of hydrogen-bond acceptors (Lipinski definition) is 2. The van der Waals surface area contributed by atoms with Crippen LogP contribution in [0.3, 0.4) is 0 Å². The molecule has 17 heavy (non-hydrogen) atoms. The van der Waals surface area contributed by atoms with Crippen LogP contribution in [-0.4, -0.2) is 37.6 Å². The summed E-state index contributed by atoms with van der Waals surface area (Å²) in [5.74, 6) is 0. The first-order valence-electron chi connectivity index (χ1n) is 6.53. The lowest BCUT2D eigenvalue weighted by molar-refractivity contribution is 0.293. The molecule has 0 saturated carbocycles. The van der Waals surface area contributed by atoms with Crippen LogP contribution >= 0.6 is 0 Å². The SMILES string of the molecule is CC(CCc1ccccc1)NCC(C)N(C)C. The van der Waals surface area contributed by atoms with Gasteiger partial charge in [0.15, 0.2) is 0 Å². The number of benzene rings is 1. The van der Waals surface area contributed by atoms with E-state index < -0.39 is 0 Å². The van der Waals surface area contributed by atoms with Gasteiger partial charge < -0.3 is 10.2 Å². The van der Waals surface area contributed by atoms with Crippen LogP contribution < -0.4 is 5.32 Å². The molecule has 0 spiro atoms. The first-order chi connectivity index (χ1) is 8.09. The summed E-state index contributed by atoms with van der Waals surface area (Å²) in [6.07, 6.45) is 2.36. The highest BCUT2D eigenvalue weighted by Gasteiger charge is 2.07. The van der Waals surface area contributed by atoms with Gasteiger partial charge in [0.05, 0.1) is 0 Å². The molecule has 0 fully saturated rings. The van der Waals surface area contributed by atoms with Gasteiger partial charge >= 0.3 is 0 Å². The highest BCUT2D eigenvalue weighted by molar-refractivity contribution is 5.14. The molecule has 0 heterocycles. The molecule has 0 aliphatic rings. The zero-order valence-electron chi connectivity index (χ0n) is 11.6. The predicted octanol–water partition coefficient (Wildman–Crippen LogP) is 2.55. The number of nitrogens with zero attached hydrogens (tertiary/aromatic N) is 1. The number of aryl methyl sites for hydroxylation is 1. The second kappa shape index (κ2) is 7.46. The summed E-state index contributed by atoms with van der Waals surface area (Å²) < 4.78 is 0. The molecule has 0 aliphatic carbocycles. The van der Waals surface area contributed by atoms with Crippen molar-refractivity contribution in [3.8, 4) is 0 Å². The topological polar surface area (TPSA) is 15.3 Å². The Hall–Kier alpha value is -0.860. The van der Waals surface area contributed by atoms with Crippen LogP contribution in [0, 0.1) is 0 Å². The smallest absolute Gasteiger partial charge is 0.0186 e. The fourth-order valence-electron chi connectivity index (χ4n) is 1.68. The fraction of sp³-hybridized carbons (Fsp3) is 0.600. The lowest BCUT2D eigenvalue weighted by Gasteiger charge is -2.22. The third-order valence-corrected chi connectivity index (χ3v) is 3.35. The molecule has 0 bridgehead atoms. The normalized spacial score (nSPS) is 14.9. The van der Waals surface area contributed by atoms with E-state index in [1.807, 2.05) is 0 Å². The van der Waals surface area contributed by atoms with Crippen LogP contribution in [0.2, 0.25) is 0 Å². The standard InChI is InChI=1S/C15H26N2/c1-13(16-12-14(2)17(3)4)10-11-15-8-6-5-7-9-15/h5-9,13-14,16H,10-12H2,1-4H3. The maximum atomic E-state index is 3.59. The van der Waals surface area contributed by atoms with Crippen LogP contribution in [0.25, 0.3) is 0 Å². The minimum Gasteiger partial charge on any atom is -0.313 e. The third-order valence-electron chi connectivity index (χ3n) is 3.35. The molecule has 96 valence electrons. The van der Waals surface area contributed by atoms with E-state index >= 15 is 0 Å². The van der Waals surface area contributed by atoms with Gasteiger partial charge in [0, 0.05) is 18.6 Å². The Morgan fingerprint density at radius 3 is 2.35 bits per heavy atom. The van der Waals surface area contributed by atoms with Gasteiger partial charge in [-0.25, -0.2) is 0 Å². The van der Waals surface area contributed by atoms with Crippen LogP contribution in [0.15, 0.2) is 30.3 Å². The van der Waals surface area contributed by atoms with E-state index in [0.717, 1.165) is 13.0 Å². The molecule has 2 heteroatoms. The molecule has 1 aromatic carbocycles. The summed E-state index contributed by atoms with van der Waals surface area (Å²) in [6, 6.07) is 11.9. The van der Waals surface area contributed by atoms with E-state index in [4.69, 9.17) is 0 Å². The molecule has 1 aromatic rings. The van der Waals surface area contributed by atoms with Crippen LogP contribution in [0.5, 0.6) is 0 Å².